The molecule has 0 aromatic heterocycles. The van der Waals surface area contributed by atoms with Crippen LogP contribution in [0, 0.1) is 5.92 Å². The van der Waals surface area contributed by atoms with E-state index in [0.717, 1.165) is 6.42 Å². The second-order valence-electron chi connectivity index (χ2n) is 5.32. The summed E-state index contributed by atoms with van der Waals surface area (Å²) in [6, 6.07) is -0.474. The van der Waals surface area contributed by atoms with E-state index in [1.807, 2.05) is 0 Å². The van der Waals surface area contributed by atoms with Gasteiger partial charge < -0.3 is 9.84 Å². The van der Waals surface area contributed by atoms with E-state index >= 15 is 0 Å². The zero-order valence-electron chi connectivity index (χ0n) is 11.1. The molecule has 2 aliphatic heterocycles. The zero-order chi connectivity index (χ0) is 14.0. The third-order valence-electron chi connectivity index (χ3n) is 4.11. The Morgan fingerprint density at radius 3 is 2.63 bits per heavy atom. The largest absolute Gasteiger partial charge is 0.481 e. The molecule has 2 fully saturated rings. The summed E-state index contributed by atoms with van der Waals surface area (Å²) in [6.45, 7) is 2.95. The Hall–Kier alpha value is -0.660. The molecule has 2 saturated heterocycles. The van der Waals surface area contributed by atoms with Gasteiger partial charge in [-0.05, 0) is 32.6 Å². The molecule has 6 nitrogen and oxygen atoms in total. The molecule has 2 heterocycles. The summed E-state index contributed by atoms with van der Waals surface area (Å²) in [7, 11) is -3.46. The minimum Gasteiger partial charge on any atom is -0.481 e. The van der Waals surface area contributed by atoms with Crippen molar-refractivity contribution in [1.82, 2.24) is 4.31 Å². The Balaban J connectivity index is 2.16. The molecule has 0 saturated carbocycles. The van der Waals surface area contributed by atoms with Crippen molar-refractivity contribution in [2.75, 3.05) is 19.8 Å². The van der Waals surface area contributed by atoms with Crippen LogP contribution in [-0.2, 0) is 19.6 Å². The summed E-state index contributed by atoms with van der Waals surface area (Å²) in [5.41, 5.74) is 0. The minimum atomic E-state index is -3.46. The van der Waals surface area contributed by atoms with Gasteiger partial charge in [-0.25, -0.2) is 8.42 Å². The number of aliphatic carboxylic acids is 1. The van der Waals surface area contributed by atoms with Crippen molar-refractivity contribution in [3.05, 3.63) is 0 Å². The quantitative estimate of drug-likeness (QED) is 0.826. The Bertz CT molecular complexity index is 429. The lowest BCUT2D eigenvalue weighted by Gasteiger charge is -2.39. The number of hydrogen-bond donors (Lipinski definition) is 1. The van der Waals surface area contributed by atoms with Gasteiger partial charge in [0.2, 0.25) is 10.0 Å². The molecule has 2 aliphatic rings. The van der Waals surface area contributed by atoms with Crippen LogP contribution in [0.3, 0.4) is 0 Å². The van der Waals surface area contributed by atoms with Crippen LogP contribution in [0.15, 0.2) is 0 Å². The van der Waals surface area contributed by atoms with Gasteiger partial charge in [-0.2, -0.15) is 4.31 Å². The van der Waals surface area contributed by atoms with Gasteiger partial charge in [0.1, 0.15) is 0 Å². The summed E-state index contributed by atoms with van der Waals surface area (Å²) >= 11 is 0. The van der Waals surface area contributed by atoms with E-state index in [0.29, 0.717) is 32.4 Å². The van der Waals surface area contributed by atoms with Crippen LogP contribution in [0.2, 0.25) is 0 Å². The Morgan fingerprint density at radius 1 is 1.32 bits per heavy atom. The van der Waals surface area contributed by atoms with Gasteiger partial charge in [0.15, 0.2) is 0 Å². The molecular formula is C12H21NO5S. The molecule has 110 valence electrons. The number of hydrogen-bond acceptors (Lipinski definition) is 4. The Morgan fingerprint density at radius 2 is 2.05 bits per heavy atom. The molecule has 0 spiro atoms. The average Bonchev–Trinajstić information content (AvgIpc) is 2.39. The van der Waals surface area contributed by atoms with E-state index in [4.69, 9.17) is 9.84 Å². The summed E-state index contributed by atoms with van der Waals surface area (Å²) in [4.78, 5) is 11.2. The molecule has 0 bridgehead atoms. The molecule has 7 heteroatoms. The topological polar surface area (TPSA) is 83.9 Å². The van der Waals surface area contributed by atoms with Crippen LogP contribution < -0.4 is 0 Å². The van der Waals surface area contributed by atoms with Crippen molar-refractivity contribution < 1.29 is 23.1 Å². The maximum Gasteiger partial charge on any atom is 0.308 e. The van der Waals surface area contributed by atoms with Gasteiger partial charge in [-0.3, -0.25) is 4.79 Å². The standard InChI is InChI=1S/C12H21NO5S/c1-9-11(12(14)15)5-2-6-13(9)19(16,17)10-4-3-7-18-8-10/h9-11H,2-8H2,1H3,(H,14,15)/t9-,10?,11-/m1/s1. The first-order valence-corrected chi connectivity index (χ1v) is 8.26. The number of rotatable bonds is 3. The van der Waals surface area contributed by atoms with Gasteiger partial charge >= 0.3 is 5.97 Å². The van der Waals surface area contributed by atoms with Crippen LogP contribution in [0.25, 0.3) is 0 Å². The van der Waals surface area contributed by atoms with Crippen molar-refractivity contribution >= 4 is 16.0 Å². The fourth-order valence-electron chi connectivity index (χ4n) is 2.94. The van der Waals surface area contributed by atoms with Crippen LogP contribution >= 0.6 is 0 Å². The molecule has 19 heavy (non-hydrogen) atoms. The number of nitrogens with zero attached hydrogens (tertiary/aromatic N) is 1. The highest BCUT2D eigenvalue weighted by atomic mass is 32.2. The summed E-state index contributed by atoms with van der Waals surface area (Å²) in [5, 5.41) is 8.64. The maximum atomic E-state index is 12.6. The van der Waals surface area contributed by atoms with Crippen LogP contribution in [-0.4, -0.2) is 54.8 Å². The second kappa shape index (κ2) is 5.76. The third kappa shape index (κ3) is 2.93. The smallest absolute Gasteiger partial charge is 0.308 e. The molecule has 1 N–H and O–H groups in total. The zero-order valence-corrected chi connectivity index (χ0v) is 11.9. The van der Waals surface area contributed by atoms with Gasteiger partial charge in [0, 0.05) is 19.2 Å². The van der Waals surface area contributed by atoms with Crippen molar-refractivity contribution in [3.8, 4) is 0 Å². The number of carboxylic acid groups (broad SMARTS) is 1. The molecule has 0 aromatic carbocycles. The van der Waals surface area contributed by atoms with Crippen molar-refractivity contribution in [1.29, 1.82) is 0 Å². The highest BCUT2D eigenvalue weighted by Gasteiger charge is 2.42. The molecule has 0 aromatic rings. The summed E-state index contributed by atoms with van der Waals surface area (Å²) in [5.74, 6) is -1.51. The average molecular weight is 291 g/mol. The van der Waals surface area contributed by atoms with Gasteiger partial charge in [0.05, 0.1) is 17.8 Å². The lowest BCUT2D eigenvalue weighted by Crippen LogP contribution is -2.53. The van der Waals surface area contributed by atoms with E-state index in [1.165, 1.54) is 4.31 Å². The normalized spacial score (nSPS) is 34.1. The molecule has 1 unspecified atom stereocenters. The molecule has 3 atom stereocenters. The van der Waals surface area contributed by atoms with E-state index in [2.05, 4.69) is 0 Å². The number of carbonyl (C=O) groups is 1. The lowest BCUT2D eigenvalue weighted by molar-refractivity contribution is -0.144. The first-order chi connectivity index (χ1) is 8.94. The van der Waals surface area contributed by atoms with Crippen LogP contribution in [0.4, 0.5) is 0 Å². The molecular weight excluding hydrogens is 270 g/mol. The SMILES string of the molecule is C[C@@H]1[C@H](C(=O)O)CCCN1S(=O)(=O)C1CCCOC1. The van der Waals surface area contributed by atoms with Crippen molar-refractivity contribution in [3.63, 3.8) is 0 Å². The second-order valence-corrected chi connectivity index (χ2v) is 7.49. The van der Waals surface area contributed by atoms with E-state index < -0.39 is 33.2 Å². The molecule has 0 radical (unpaired) electrons. The number of sulfonamides is 1. The molecule has 2 rings (SSSR count). The predicted molar refractivity (Wildman–Crippen MR) is 69.3 cm³/mol. The van der Waals surface area contributed by atoms with Gasteiger partial charge in [-0.15, -0.1) is 0 Å². The third-order valence-corrected chi connectivity index (χ3v) is 6.50. The fraction of sp³-hybridized carbons (Fsp3) is 0.917. The maximum absolute atomic E-state index is 12.6. The van der Waals surface area contributed by atoms with Crippen molar-refractivity contribution in [2.45, 2.75) is 43.9 Å². The van der Waals surface area contributed by atoms with E-state index in [1.54, 1.807) is 6.92 Å². The summed E-state index contributed by atoms with van der Waals surface area (Å²) in [6.07, 6.45) is 2.50. The van der Waals surface area contributed by atoms with E-state index in [9.17, 15) is 13.2 Å². The lowest BCUT2D eigenvalue weighted by atomic mass is 9.92. The van der Waals surface area contributed by atoms with Crippen molar-refractivity contribution in [2.24, 2.45) is 5.92 Å². The highest BCUT2D eigenvalue weighted by molar-refractivity contribution is 7.89. The number of ether oxygens (including phenoxy) is 1. The Kier molecular flexibility index (Phi) is 4.47. The Labute approximate surface area is 113 Å². The van der Waals surface area contributed by atoms with E-state index in [-0.39, 0.29) is 6.61 Å². The molecule has 0 aliphatic carbocycles. The van der Waals surface area contributed by atoms with Gasteiger partial charge in [-0.1, -0.05) is 0 Å². The number of piperidine rings is 1. The predicted octanol–water partition coefficient (Wildman–Crippen LogP) is 0.680. The first-order valence-electron chi connectivity index (χ1n) is 6.76. The van der Waals surface area contributed by atoms with Gasteiger partial charge in [0.25, 0.3) is 0 Å². The fourth-order valence-corrected chi connectivity index (χ4v) is 5.05. The summed E-state index contributed by atoms with van der Waals surface area (Å²) < 4.78 is 31.8. The molecule has 0 amide bonds. The number of carboxylic acids is 1. The van der Waals surface area contributed by atoms with Crippen LogP contribution in [0.5, 0.6) is 0 Å². The highest BCUT2D eigenvalue weighted by Crippen LogP contribution is 2.29. The minimum absolute atomic E-state index is 0.225. The van der Waals surface area contributed by atoms with Crippen LogP contribution in [0.1, 0.15) is 32.6 Å². The monoisotopic (exact) mass is 291 g/mol. The first kappa shape index (κ1) is 14.7.